The zero-order valence-electron chi connectivity index (χ0n) is 27.1. The SMILES string of the molecule is C/C=C\C1N=C(C)N1C.C=C(CCC)CC(O)C(C)(C)C(=O)C(C)CC(C)C/C=C/C(C)=C\CCC.CC. The Hall–Kier alpha value is -1.94. The maximum absolute atomic E-state index is 13.0. The van der Waals surface area contributed by atoms with E-state index < -0.39 is 11.5 Å². The fraction of sp³-hybridized carbons (Fsp3) is 0.706. The molecule has 0 aromatic heterocycles. The van der Waals surface area contributed by atoms with Gasteiger partial charge in [0.25, 0.3) is 0 Å². The molecule has 1 rings (SSSR count). The van der Waals surface area contributed by atoms with Crippen LogP contribution in [-0.4, -0.2) is 40.9 Å². The number of Topliss-reactive ketones (excluding diaryl/α,β-unsaturated/α-hetero) is 1. The minimum Gasteiger partial charge on any atom is -0.392 e. The van der Waals surface area contributed by atoms with Gasteiger partial charge in [0, 0.05) is 18.4 Å². The van der Waals surface area contributed by atoms with Crippen molar-refractivity contribution in [2.45, 2.75) is 133 Å². The van der Waals surface area contributed by atoms with Crippen molar-refractivity contribution in [2.24, 2.45) is 22.2 Å². The molecule has 1 N–H and O–H groups in total. The molecule has 0 aromatic rings. The first-order chi connectivity index (χ1) is 17.8. The molecule has 1 aliphatic heterocycles. The lowest BCUT2D eigenvalue weighted by Crippen LogP contribution is -2.42. The molecule has 4 heteroatoms. The molecule has 0 fully saturated rings. The summed E-state index contributed by atoms with van der Waals surface area (Å²) in [7, 11) is 2.05. The van der Waals surface area contributed by atoms with Gasteiger partial charge in [-0.05, 0) is 64.9 Å². The van der Waals surface area contributed by atoms with E-state index in [9.17, 15) is 9.90 Å². The molecule has 1 aliphatic rings. The van der Waals surface area contributed by atoms with Crippen LogP contribution in [0.3, 0.4) is 0 Å². The number of hydrogen-bond donors (Lipinski definition) is 1. The number of ketones is 1. The van der Waals surface area contributed by atoms with E-state index in [1.165, 1.54) is 12.0 Å². The van der Waals surface area contributed by atoms with Crippen LogP contribution in [0.15, 0.2) is 53.1 Å². The van der Waals surface area contributed by atoms with Gasteiger partial charge in [-0.1, -0.05) is 110 Å². The highest BCUT2D eigenvalue weighted by Gasteiger charge is 2.38. The number of rotatable bonds is 15. The Kier molecular flexibility index (Phi) is 21.1. The smallest absolute Gasteiger partial charge is 0.143 e. The maximum atomic E-state index is 13.0. The second-order valence-electron chi connectivity index (χ2n) is 11.1. The summed E-state index contributed by atoms with van der Waals surface area (Å²) in [6.07, 6.45) is 17.0. The van der Waals surface area contributed by atoms with E-state index in [0.29, 0.717) is 18.5 Å². The van der Waals surface area contributed by atoms with Crippen molar-refractivity contribution in [3.8, 4) is 0 Å². The quantitative estimate of drug-likeness (QED) is 0.169. The molecule has 4 atom stereocenters. The van der Waals surface area contributed by atoms with Gasteiger partial charge in [0.2, 0.25) is 0 Å². The molecule has 4 unspecified atom stereocenters. The average Bonchev–Trinajstić information content (AvgIpc) is 2.88. The predicted molar refractivity (Wildman–Crippen MR) is 170 cm³/mol. The summed E-state index contributed by atoms with van der Waals surface area (Å²) in [6, 6.07) is 0. The number of nitrogens with zero attached hydrogens (tertiary/aromatic N) is 2. The summed E-state index contributed by atoms with van der Waals surface area (Å²) in [5.74, 6) is 1.68. The molecule has 0 aromatic carbocycles. The molecule has 220 valence electrons. The molecule has 38 heavy (non-hydrogen) atoms. The number of allylic oxidation sites excluding steroid dienone is 5. The molecule has 1 heterocycles. The highest BCUT2D eigenvalue weighted by molar-refractivity contribution is 5.86. The van der Waals surface area contributed by atoms with Gasteiger partial charge in [-0.3, -0.25) is 4.79 Å². The lowest BCUT2D eigenvalue weighted by molar-refractivity contribution is -0.137. The van der Waals surface area contributed by atoms with E-state index in [-0.39, 0.29) is 11.7 Å². The number of unbranched alkanes of at least 4 members (excludes halogenated alkanes) is 1. The van der Waals surface area contributed by atoms with Crippen LogP contribution in [0.1, 0.15) is 121 Å². The van der Waals surface area contributed by atoms with Crippen LogP contribution in [0, 0.1) is 17.3 Å². The third-order valence-corrected chi connectivity index (χ3v) is 7.02. The van der Waals surface area contributed by atoms with Crippen molar-refractivity contribution in [3.63, 3.8) is 0 Å². The number of hydrogen-bond acceptors (Lipinski definition) is 4. The summed E-state index contributed by atoms with van der Waals surface area (Å²) in [5, 5.41) is 10.6. The van der Waals surface area contributed by atoms with Gasteiger partial charge in [0.05, 0.1) is 6.10 Å². The molecular weight excluding hydrogens is 468 g/mol. The van der Waals surface area contributed by atoms with Crippen LogP contribution in [0.5, 0.6) is 0 Å². The third-order valence-electron chi connectivity index (χ3n) is 7.02. The highest BCUT2D eigenvalue weighted by Crippen LogP contribution is 2.32. The first-order valence-corrected chi connectivity index (χ1v) is 14.9. The topological polar surface area (TPSA) is 52.9 Å². The first kappa shape index (κ1) is 38.2. The second kappa shape index (κ2) is 21.0. The Morgan fingerprint density at radius 1 is 1.21 bits per heavy atom. The molecule has 0 amide bonds. The lowest BCUT2D eigenvalue weighted by atomic mass is 9.73. The van der Waals surface area contributed by atoms with Crippen molar-refractivity contribution >= 4 is 11.6 Å². The van der Waals surface area contributed by atoms with Crippen molar-refractivity contribution in [3.05, 3.63) is 48.1 Å². The van der Waals surface area contributed by atoms with E-state index in [2.05, 4.69) is 68.5 Å². The van der Waals surface area contributed by atoms with Gasteiger partial charge in [0.1, 0.15) is 17.8 Å². The van der Waals surface area contributed by atoms with Crippen LogP contribution in [0.4, 0.5) is 0 Å². The number of carbonyl (C=O) groups is 1. The van der Waals surface area contributed by atoms with E-state index in [1.54, 1.807) is 0 Å². The Bertz CT molecular complexity index is 788. The number of aliphatic imine (C=N–C) groups is 1. The Morgan fingerprint density at radius 2 is 1.82 bits per heavy atom. The largest absolute Gasteiger partial charge is 0.392 e. The summed E-state index contributed by atoms with van der Waals surface area (Å²) in [4.78, 5) is 19.4. The maximum Gasteiger partial charge on any atom is 0.143 e. The first-order valence-electron chi connectivity index (χ1n) is 14.9. The molecular formula is C34H62N2O2. The number of amidine groups is 1. The van der Waals surface area contributed by atoms with Crippen LogP contribution < -0.4 is 0 Å². The predicted octanol–water partition coefficient (Wildman–Crippen LogP) is 9.32. The van der Waals surface area contributed by atoms with E-state index >= 15 is 0 Å². The number of carbonyl (C=O) groups excluding carboxylic acids is 1. The zero-order chi connectivity index (χ0) is 29.9. The van der Waals surface area contributed by atoms with Crippen molar-refractivity contribution in [1.29, 1.82) is 0 Å². The monoisotopic (exact) mass is 530 g/mol. The minimum atomic E-state index is -0.731. The Labute approximate surface area is 237 Å². The standard InChI is InChI=1S/C25H44O2.C7H12N2.C2H6/c1-9-11-14-19(3)15-12-16-21(5)17-22(6)24(27)25(7,8)23(26)18-20(4)13-10-2;1-4-5-7-8-6(2)9(7)3;1-2/h12,14-15,21-23,26H,4,9-11,13,16-18H2,1-3,5-8H3;4-5,7H,1-3H3;1-2H3/b15-12+,19-14-;5-4-;. The van der Waals surface area contributed by atoms with Gasteiger partial charge in [-0.25, -0.2) is 4.99 Å². The zero-order valence-corrected chi connectivity index (χ0v) is 27.1. The minimum absolute atomic E-state index is 0.0470. The molecule has 4 nitrogen and oxygen atoms in total. The van der Waals surface area contributed by atoms with E-state index in [4.69, 9.17) is 0 Å². The van der Waals surface area contributed by atoms with Crippen LogP contribution in [-0.2, 0) is 4.79 Å². The van der Waals surface area contributed by atoms with Gasteiger partial charge >= 0.3 is 0 Å². The van der Waals surface area contributed by atoms with Crippen LogP contribution >= 0.6 is 0 Å². The van der Waals surface area contributed by atoms with E-state index in [0.717, 1.165) is 43.5 Å². The summed E-state index contributed by atoms with van der Waals surface area (Å²) < 4.78 is 0. The summed E-state index contributed by atoms with van der Waals surface area (Å²) in [5.41, 5.74) is 1.61. The lowest BCUT2D eigenvalue weighted by Gasteiger charge is -2.33. The Morgan fingerprint density at radius 3 is 2.29 bits per heavy atom. The fourth-order valence-electron chi connectivity index (χ4n) is 4.37. The molecule has 0 aliphatic carbocycles. The molecule has 0 spiro atoms. The number of likely N-dealkylation sites (N-methyl/N-ethyl adjacent to an activating group) is 1. The average molecular weight is 531 g/mol. The number of aliphatic hydroxyl groups is 1. The second-order valence-corrected chi connectivity index (χ2v) is 11.1. The van der Waals surface area contributed by atoms with Crippen molar-refractivity contribution in [1.82, 2.24) is 4.90 Å². The Balaban J connectivity index is 0. The molecule has 0 saturated carbocycles. The van der Waals surface area contributed by atoms with Crippen LogP contribution in [0.25, 0.3) is 0 Å². The van der Waals surface area contributed by atoms with E-state index in [1.807, 2.05) is 61.6 Å². The number of aliphatic hydroxyl groups excluding tert-OH is 1. The summed E-state index contributed by atoms with van der Waals surface area (Å²) >= 11 is 0. The van der Waals surface area contributed by atoms with Crippen LogP contribution in [0.2, 0.25) is 0 Å². The highest BCUT2D eigenvalue weighted by atomic mass is 16.3. The normalized spacial score (nSPS) is 18.0. The van der Waals surface area contributed by atoms with Gasteiger partial charge < -0.3 is 10.0 Å². The molecule has 0 bridgehead atoms. The molecule has 0 radical (unpaired) electrons. The van der Waals surface area contributed by atoms with Gasteiger partial charge in [-0.2, -0.15) is 0 Å². The third kappa shape index (κ3) is 14.9. The fourth-order valence-corrected chi connectivity index (χ4v) is 4.37. The van der Waals surface area contributed by atoms with Gasteiger partial charge in [0.15, 0.2) is 0 Å². The van der Waals surface area contributed by atoms with Crippen molar-refractivity contribution in [2.75, 3.05) is 7.05 Å². The van der Waals surface area contributed by atoms with Crippen molar-refractivity contribution < 1.29 is 9.90 Å². The summed E-state index contributed by atoms with van der Waals surface area (Å²) in [6.45, 7) is 26.4. The van der Waals surface area contributed by atoms with Gasteiger partial charge in [-0.15, -0.1) is 0 Å². The molecule has 0 saturated heterocycles.